The lowest BCUT2D eigenvalue weighted by Gasteiger charge is -2.34. The van der Waals surface area contributed by atoms with Crippen molar-refractivity contribution in [3.63, 3.8) is 0 Å². The molecule has 1 aliphatic heterocycles. The van der Waals surface area contributed by atoms with Crippen LogP contribution in [0, 0.1) is 0 Å². The van der Waals surface area contributed by atoms with Crippen LogP contribution in [-0.4, -0.2) is 61.3 Å². The van der Waals surface area contributed by atoms with Gasteiger partial charge in [-0.2, -0.15) is 0 Å². The second-order valence-electron chi connectivity index (χ2n) is 4.00. The summed E-state index contributed by atoms with van der Waals surface area (Å²) in [5.41, 5.74) is 0.716. The van der Waals surface area contributed by atoms with Crippen molar-refractivity contribution in [1.29, 1.82) is 0 Å². The monoisotopic (exact) mass is 242 g/mol. The van der Waals surface area contributed by atoms with Gasteiger partial charge in [0, 0.05) is 26.2 Å². The van der Waals surface area contributed by atoms with Crippen molar-refractivity contribution >= 4 is 11.9 Å². The molecule has 1 heterocycles. The maximum Gasteiger partial charge on any atom is 0.328 e. The van der Waals surface area contributed by atoms with E-state index >= 15 is 0 Å². The van der Waals surface area contributed by atoms with Crippen molar-refractivity contribution in [3.8, 4) is 0 Å². The topological polar surface area (TPSA) is 78.9 Å². The zero-order valence-corrected chi connectivity index (χ0v) is 10.1. The number of carbonyl (C=O) groups is 2. The van der Waals surface area contributed by atoms with Gasteiger partial charge in [0.1, 0.15) is 6.04 Å². The van der Waals surface area contributed by atoms with Crippen LogP contribution >= 0.6 is 0 Å². The Labute approximate surface area is 100 Å². The summed E-state index contributed by atoms with van der Waals surface area (Å²) in [5, 5.41) is 11.2. The van der Waals surface area contributed by atoms with Crippen molar-refractivity contribution in [1.82, 2.24) is 10.2 Å². The molecule has 1 rings (SSSR count). The average Bonchev–Trinajstić information content (AvgIpc) is 2.27. The molecule has 1 unspecified atom stereocenters. The first-order chi connectivity index (χ1) is 8.04. The molecule has 0 aromatic heterocycles. The first kappa shape index (κ1) is 13.7. The molecule has 0 aromatic rings. The Hall–Kier alpha value is -1.40. The van der Waals surface area contributed by atoms with Crippen LogP contribution in [0.4, 0.5) is 0 Å². The molecule has 0 aliphatic carbocycles. The van der Waals surface area contributed by atoms with Crippen molar-refractivity contribution in [2.24, 2.45) is 0 Å². The predicted molar refractivity (Wildman–Crippen MR) is 61.6 cm³/mol. The summed E-state index contributed by atoms with van der Waals surface area (Å²) in [6.07, 6.45) is 1.16. The number of carboxylic acid groups (broad SMARTS) is 1. The zero-order valence-electron chi connectivity index (χ0n) is 10.1. The van der Waals surface area contributed by atoms with E-state index in [-0.39, 0.29) is 11.9 Å². The van der Waals surface area contributed by atoms with Gasteiger partial charge in [-0.1, -0.05) is 5.57 Å². The minimum atomic E-state index is -0.966. The van der Waals surface area contributed by atoms with Gasteiger partial charge in [-0.05, 0) is 6.92 Å². The van der Waals surface area contributed by atoms with Crippen LogP contribution in [0.3, 0.4) is 0 Å². The number of amides is 1. The molecule has 1 fully saturated rings. The summed E-state index contributed by atoms with van der Waals surface area (Å²) < 4.78 is 5.26. The molecule has 1 atom stereocenters. The molecule has 0 aromatic carbocycles. The number of hydrogen-bond donors (Lipinski definition) is 2. The van der Waals surface area contributed by atoms with E-state index in [0.29, 0.717) is 31.9 Å². The van der Waals surface area contributed by atoms with Crippen LogP contribution in [-0.2, 0) is 14.3 Å². The Morgan fingerprint density at radius 3 is 2.88 bits per heavy atom. The number of nitrogens with zero attached hydrogens (tertiary/aromatic N) is 1. The first-order valence-electron chi connectivity index (χ1n) is 5.48. The van der Waals surface area contributed by atoms with Gasteiger partial charge in [-0.3, -0.25) is 9.69 Å². The van der Waals surface area contributed by atoms with Crippen LogP contribution in [0.1, 0.15) is 6.92 Å². The number of morpholine rings is 1. The Kier molecular flexibility index (Phi) is 5.11. The first-order valence-corrected chi connectivity index (χ1v) is 5.48. The van der Waals surface area contributed by atoms with Crippen LogP contribution in [0.2, 0.25) is 0 Å². The molecular weight excluding hydrogens is 224 g/mol. The smallest absolute Gasteiger partial charge is 0.328 e. The van der Waals surface area contributed by atoms with Crippen molar-refractivity contribution < 1.29 is 19.4 Å². The van der Waals surface area contributed by atoms with E-state index in [0.717, 1.165) is 6.08 Å². The largest absolute Gasteiger partial charge is 0.478 e. The summed E-state index contributed by atoms with van der Waals surface area (Å²) >= 11 is 0. The molecule has 1 saturated heterocycles. The minimum Gasteiger partial charge on any atom is -0.478 e. The molecule has 1 aliphatic rings. The molecule has 0 spiro atoms. The molecule has 0 radical (unpaired) electrons. The summed E-state index contributed by atoms with van der Waals surface area (Å²) in [6.45, 7) is 3.75. The maximum atomic E-state index is 11.6. The van der Waals surface area contributed by atoms with Gasteiger partial charge >= 0.3 is 5.97 Å². The highest BCUT2D eigenvalue weighted by Crippen LogP contribution is 2.09. The summed E-state index contributed by atoms with van der Waals surface area (Å²) in [7, 11) is 1.58. The van der Waals surface area contributed by atoms with Gasteiger partial charge in [-0.25, -0.2) is 4.79 Å². The van der Waals surface area contributed by atoms with Gasteiger partial charge < -0.3 is 15.2 Å². The van der Waals surface area contributed by atoms with Crippen molar-refractivity contribution in [2.75, 3.05) is 33.4 Å². The molecule has 17 heavy (non-hydrogen) atoms. The number of ether oxygens (including phenoxy) is 1. The normalized spacial score (nSPS) is 22.2. The third-order valence-electron chi connectivity index (χ3n) is 2.61. The van der Waals surface area contributed by atoms with Crippen LogP contribution in [0.15, 0.2) is 11.6 Å². The van der Waals surface area contributed by atoms with E-state index in [9.17, 15) is 9.59 Å². The van der Waals surface area contributed by atoms with Crippen molar-refractivity contribution in [3.05, 3.63) is 11.6 Å². The Balaban J connectivity index is 2.65. The minimum absolute atomic E-state index is 0.104. The highest BCUT2D eigenvalue weighted by atomic mass is 16.5. The highest BCUT2D eigenvalue weighted by Gasteiger charge is 2.28. The van der Waals surface area contributed by atoms with Gasteiger partial charge in [0.25, 0.3) is 0 Å². The quantitative estimate of drug-likeness (QED) is 0.648. The van der Waals surface area contributed by atoms with E-state index in [1.54, 1.807) is 14.0 Å². The van der Waals surface area contributed by atoms with E-state index in [1.165, 1.54) is 0 Å². The third kappa shape index (κ3) is 4.16. The van der Waals surface area contributed by atoms with E-state index in [4.69, 9.17) is 9.84 Å². The molecule has 0 bridgehead atoms. The zero-order chi connectivity index (χ0) is 12.8. The lowest BCUT2D eigenvalue weighted by Crippen LogP contribution is -2.53. The summed E-state index contributed by atoms with van der Waals surface area (Å²) in [5.74, 6) is -1.07. The fraction of sp³-hybridized carbons (Fsp3) is 0.636. The van der Waals surface area contributed by atoms with Gasteiger partial charge in [-0.15, -0.1) is 0 Å². The molecule has 2 N–H and O–H groups in total. The molecule has 1 amide bonds. The van der Waals surface area contributed by atoms with E-state index in [2.05, 4.69) is 5.32 Å². The summed E-state index contributed by atoms with van der Waals surface area (Å²) in [4.78, 5) is 24.1. The maximum absolute atomic E-state index is 11.6. The van der Waals surface area contributed by atoms with Crippen LogP contribution in [0.25, 0.3) is 0 Å². The molecule has 96 valence electrons. The highest BCUT2D eigenvalue weighted by molar-refractivity contribution is 5.82. The third-order valence-corrected chi connectivity index (χ3v) is 2.61. The SMILES string of the molecule is CNC(=O)C1COCCN1CC(C)=CC(=O)O. The van der Waals surface area contributed by atoms with E-state index < -0.39 is 5.97 Å². The molecular formula is C11H18N2O4. The van der Waals surface area contributed by atoms with Gasteiger partial charge in [0.2, 0.25) is 5.91 Å². The standard InChI is InChI=1S/C11H18N2O4/c1-8(5-10(14)15)6-13-3-4-17-7-9(13)11(16)12-2/h5,9H,3-4,6-7H2,1-2H3,(H,12,16)(H,14,15). The number of nitrogens with one attached hydrogen (secondary N) is 1. The fourth-order valence-corrected chi connectivity index (χ4v) is 1.81. The van der Waals surface area contributed by atoms with Gasteiger partial charge in [0.15, 0.2) is 0 Å². The second-order valence-corrected chi connectivity index (χ2v) is 4.00. The number of rotatable bonds is 4. The Morgan fingerprint density at radius 1 is 1.59 bits per heavy atom. The number of carbonyl (C=O) groups excluding carboxylic acids is 1. The van der Waals surface area contributed by atoms with Gasteiger partial charge in [0.05, 0.1) is 13.2 Å². The predicted octanol–water partition coefficient (Wildman–Crippen LogP) is -0.536. The Bertz CT molecular complexity index is 327. The fourth-order valence-electron chi connectivity index (χ4n) is 1.81. The van der Waals surface area contributed by atoms with Crippen LogP contribution < -0.4 is 5.32 Å². The number of carboxylic acids is 1. The Morgan fingerprint density at radius 2 is 2.29 bits per heavy atom. The summed E-state index contributed by atoms with van der Waals surface area (Å²) in [6, 6.07) is -0.342. The van der Waals surface area contributed by atoms with E-state index in [1.807, 2.05) is 4.90 Å². The molecule has 6 nitrogen and oxygen atoms in total. The number of aliphatic carboxylic acids is 1. The average molecular weight is 242 g/mol. The number of likely N-dealkylation sites (N-methyl/N-ethyl adjacent to an activating group) is 1. The number of hydrogen-bond acceptors (Lipinski definition) is 4. The lowest BCUT2D eigenvalue weighted by molar-refractivity contribution is -0.131. The molecule has 0 saturated carbocycles. The second kappa shape index (κ2) is 6.36. The van der Waals surface area contributed by atoms with Crippen LogP contribution in [0.5, 0.6) is 0 Å². The van der Waals surface area contributed by atoms with Crippen molar-refractivity contribution in [2.45, 2.75) is 13.0 Å². The molecule has 6 heteroatoms. The lowest BCUT2D eigenvalue weighted by atomic mass is 10.1.